The second-order valence-corrected chi connectivity index (χ2v) is 6.35. The van der Waals surface area contributed by atoms with Gasteiger partial charge in [-0.15, -0.1) is 24.8 Å². The van der Waals surface area contributed by atoms with Crippen LogP contribution in [0.2, 0.25) is 0 Å². The molecular weight excluding hydrogens is 331 g/mol. The standard InChI is InChI=1S/C18H30N2O.2ClH/c1-5-15(4)18(20-12-10-19-11-13-20)16-6-8-17(9-7-16)21-14(2)3;;/h6-9,14-15,18-19H,5,10-13H2,1-4H3;2*1H/t15?,18-;;/m1../s1. The fraction of sp³-hybridized carbons (Fsp3) is 0.667. The summed E-state index contributed by atoms with van der Waals surface area (Å²) in [5.41, 5.74) is 1.42. The van der Waals surface area contributed by atoms with Crippen molar-refractivity contribution in [1.82, 2.24) is 10.2 Å². The van der Waals surface area contributed by atoms with E-state index in [4.69, 9.17) is 4.74 Å². The van der Waals surface area contributed by atoms with Crippen LogP contribution in [-0.4, -0.2) is 37.2 Å². The zero-order chi connectivity index (χ0) is 15.2. The lowest BCUT2D eigenvalue weighted by Gasteiger charge is -2.38. The lowest BCUT2D eigenvalue weighted by Crippen LogP contribution is -2.46. The number of benzene rings is 1. The Balaban J connectivity index is 0.00000242. The van der Waals surface area contributed by atoms with E-state index in [0.29, 0.717) is 12.0 Å². The Hall–Kier alpha value is -0.480. The second kappa shape index (κ2) is 11.1. The smallest absolute Gasteiger partial charge is 0.119 e. The van der Waals surface area contributed by atoms with E-state index >= 15 is 0 Å². The fourth-order valence-electron chi connectivity index (χ4n) is 3.10. The molecule has 3 nitrogen and oxygen atoms in total. The summed E-state index contributed by atoms with van der Waals surface area (Å²) in [5.74, 6) is 1.64. The zero-order valence-electron chi connectivity index (χ0n) is 14.7. The molecule has 0 radical (unpaired) electrons. The molecule has 0 aliphatic carbocycles. The first-order chi connectivity index (χ1) is 10.1. The van der Waals surface area contributed by atoms with Crippen molar-refractivity contribution < 1.29 is 4.74 Å². The maximum Gasteiger partial charge on any atom is 0.119 e. The first kappa shape index (κ1) is 22.5. The molecule has 23 heavy (non-hydrogen) atoms. The molecule has 1 saturated heterocycles. The molecule has 1 aromatic rings. The molecular formula is C18H32Cl2N2O. The average molecular weight is 363 g/mol. The Kier molecular flexibility index (Phi) is 10.9. The summed E-state index contributed by atoms with van der Waals surface area (Å²) >= 11 is 0. The summed E-state index contributed by atoms with van der Waals surface area (Å²) in [5, 5.41) is 3.45. The Morgan fingerprint density at radius 3 is 2.09 bits per heavy atom. The van der Waals surface area contributed by atoms with Gasteiger partial charge in [0.25, 0.3) is 0 Å². The highest BCUT2D eigenvalue weighted by atomic mass is 35.5. The number of hydrogen-bond donors (Lipinski definition) is 1. The van der Waals surface area contributed by atoms with E-state index in [1.807, 2.05) is 0 Å². The Morgan fingerprint density at radius 2 is 1.61 bits per heavy atom. The van der Waals surface area contributed by atoms with Gasteiger partial charge in [-0.25, -0.2) is 0 Å². The fourth-order valence-corrected chi connectivity index (χ4v) is 3.10. The van der Waals surface area contributed by atoms with Gasteiger partial charge in [0.15, 0.2) is 0 Å². The SMILES string of the molecule is CCC(C)[C@H](c1ccc(OC(C)C)cc1)N1CCNCC1.Cl.Cl. The minimum Gasteiger partial charge on any atom is -0.491 e. The second-order valence-electron chi connectivity index (χ2n) is 6.35. The molecule has 1 heterocycles. The molecule has 0 saturated carbocycles. The number of ether oxygens (including phenoxy) is 1. The van der Waals surface area contributed by atoms with Gasteiger partial charge in [-0.05, 0) is 37.5 Å². The van der Waals surface area contributed by atoms with E-state index in [1.54, 1.807) is 0 Å². The van der Waals surface area contributed by atoms with Crippen LogP contribution in [-0.2, 0) is 0 Å². The van der Waals surface area contributed by atoms with Gasteiger partial charge in [0.1, 0.15) is 5.75 Å². The Bertz CT molecular complexity index is 420. The summed E-state index contributed by atoms with van der Waals surface area (Å²) in [6.45, 7) is 13.3. The molecule has 5 heteroatoms. The molecule has 1 fully saturated rings. The molecule has 1 aromatic carbocycles. The van der Waals surface area contributed by atoms with Crippen molar-refractivity contribution in [2.75, 3.05) is 26.2 Å². The van der Waals surface area contributed by atoms with Gasteiger partial charge in [-0.3, -0.25) is 4.90 Å². The zero-order valence-corrected chi connectivity index (χ0v) is 16.4. The van der Waals surface area contributed by atoms with E-state index in [1.165, 1.54) is 12.0 Å². The van der Waals surface area contributed by atoms with Crippen LogP contribution in [0.3, 0.4) is 0 Å². The third kappa shape index (κ3) is 6.50. The van der Waals surface area contributed by atoms with E-state index in [-0.39, 0.29) is 30.9 Å². The summed E-state index contributed by atoms with van der Waals surface area (Å²) in [6, 6.07) is 9.25. The number of nitrogens with zero attached hydrogens (tertiary/aromatic N) is 1. The number of hydrogen-bond acceptors (Lipinski definition) is 3. The van der Waals surface area contributed by atoms with Gasteiger partial charge in [0.2, 0.25) is 0 Å². The average Bonchev–Trinajstić information content (AvgIpc) is 2.49. The van der Waals surface area contributed by atoms with Crippen LogP contribution in [0, 0.1) is 5.92 Å². The van der Waals surface area contributed by atoms with E-state index in [2.05, 4.69) is 62.2 Å². The van der Waals surface area contributed by atoms with Crippen LogP contribution in [0.5, 0.6) is 5.75 Å². The van der Waals surface area contributed by atoms with Crippen molar-refractivity contribution >= 4 is 24.8 Å². The monoisotopic (exact) mass is 362 g/mol. The highest BCUT2D eigenvalue weighted by Crippen LogP contribution is 2.32. The number of piperazine rings is 1. The van der Waals surface area contributed by atoms with Gasteiger partial charge in [-0.1, -0.05) is 32.4 Å². The van der Waals surface area contributed by atoms with Crippen molar-refractivity contribution in [1.29, 1.82) is 0 Å². The maximum absolute atomic E-state index is 5.76. The molecule has 2 rings (SSSR count). The highest BCUT2D eigenvalue weighted by molar-refractivity contribution is 5.85. The van der Waals surface area contributed by atoms with Crippen LogP contribution < -0.4 is 10.1 Å². The largest absolute Gasteiger partial charge is 0.491 e. The molecule has 1 N–H and O–H groups in total. The summed E-state index contributed by atoms with van der Waals surface area (Å²) in [7, 11) is 0. The van der Waals surface area contributed by atoms with Crippen molar-refractivity contribution in [2.45, 2.75) is 46.3 Å². The normalized spacial score (nSPS) is 17.8. The number of nitrogens with one attached hydrogen (secondary N) is 1. The van der Waals surface area contributed by atoms with E-state index in [0.717, 1.165) is 31.9 Å². The Morgan fingerprint density at radius 1 is 1.04 bits per heavy atom. The van der Waals surface area contributed by atoms with Gasteiger partial charge in [0.05, 0.1) is 6.10 Å². The van der Waals surface area contributed by atoms with Gasteiger partial charge in [0, 0.05) is 32.2 Å². The van der Waals surface area contributed by atoms with Crippen molar-refractivity contribution in [2.24, 2.45) is 5.92 Å². The van der Waals surface area contributed by atoms with Gasteiger partial charge >= 0.3 is 0 Å². The van der Waals surface area contributed by atoms with Crippen LogP contribution >= 0.6 is 24.8 Å². The minimum absolute atomic E-state index is 0. The first-order valence-electron chi connectivity index (χ1n) is 8.33. The maximum atomic E-state index is 5.76. The van der Waals surface area contributed by atoms with Crippen LogP contribution in [0.25, 0.3) is 0 Å². The predicted molar refractivity (Wildman–Crippen MR) is 103 cm³/mol. The predicted octanol–water partition coefficient (Wildman–Crippen LogP) is 4.31. The number of rotatable bonds is 6. The third-order valence-electron chi connectivity index (χ3n) is 4.32. The molecule has 1 unspecified atom stereocenters. The lowest BCUT2D eigenvalue weighted by molar-refractivity contribution is 0.128. The lowest BCUT2D eigenvalue weighted by atomic mass is 9.90. The van der Waals surface area contributed by atoms with Gasteiger partial charge < -0.3 is 10.1 Å². The van der Waals surface area contributed by atoms with Crippen LogP contribution in [0.4, 0.5) is 0 Å². The topological polar surface area (TPSA) is 24.5 Å². The molecule has 134 valence electrons. The molecule has 1 aliphatic rings. The summed E-state index contributed by atoms with van der Waals surface area (Å²) in [6.07, 6.45) is 1.44. The molecule has 0 amide bonds. The van der Waals surface area contributed by atoms with Gasteiger partial charge in [-0.2, -0.15) is 0 Å². The number of halogens is 2. The van der Waals surface area contributed by atoms with Crippen LogP contribution in [0.1, 0.15) is 45.7 Å². The highest BCUT2D eigenvalue weighted by Gasteiger charge is 2.26. The molecule has 2 atom stereocenters. The molecule has 0 bridgehead atoms. The van der Waals surface area contributed by atoms with E-state index in [9.17, 15) is 0 Å². The van der Waals surface area contributed by atoms with E-state index < -0.39 is 0 Å². The quantitative estimate of drug-likeness (QED) is 0.815. The molecule has 0 spiro atoms. The van der Waals surface area contributed by atoms with Crippen molar-refractivity contribution in [3.05, 3.63) is 29.8 Å². The minimum atomic E-state index is 0. The van der Waals surface area contributed by atoms with Crippen molar-refractivity contribution in [3.8, 4) is 5.75 Å². The first-order valence-corrected chi connectivity index (χ1v) is 8.33. The third-order valence-corrected chi connectivity index (χ3v) is 4.32. The van der Waals surface area contributed by atoms with Crippen molar-refractivity contribution in [3.63, 3.8) is 0 Å². The Labute approximate surface area is 154 Å². The molecule has 1 aliphatic heterocycles. The summed E-state index contributed by atoms with van der Waals surface area (Å²) in [4.78, 5) is 2.63. The summed E-state index contributed by atoms with van der Waals surface area (Å²) < 4.78 is 5.76. The van der Waals surface area contributed by atoms with Crippen LogP contribution in [0.15, 0.2) is 24.3 Å². The molecule has 0 aromatic heterocycles.